The highest BCUT2D eigenvalue weighted by molar-refractivity contribution is 14.0. The maximum atomic E-state index is 5.36. The molecular weight excluding hydrogens is 443 g/mol. The summed E-state index contributed by atoms with van der Waals surface area (Å²) in [7, 11) is 5.84. The standard InChI is InChI=1S/C19H34N4O2.HI/c1-6-20-19(21-13-8-14-25-7-2)22-15-18(23(3)4)16-9-11-17(24-5)12-10-16;/h9-12,18H,6-8,13-15H2,1-5H3,(H2,20,21,22);1H. The summed E-state index contributed by atoms with van der Waals surface area (Å²) in [4.78, 5) is 6.94. The molecule has 7 heteroatoms. The minimum Gasteiger partial charge on any atom is -0.497 e. The Morgan fingerprint density at radius 3 is 2.38 bits per heavy atom. The third-order valence-electron chi connectivity index (χ3n) is 3.85. The fourth-order valence-corrected chi connectivity index (χ4v) is 2.44. The van der Waals surface area contributed by atoms with Gasteiger partial charge in [0.05, 0.1) is 19.7 Å². The van der Waals surface area contributed by atoms with Gasteiger partial charge in [-0.2, -0.15) is 0 Å². The topological polar surface area (TPSA) is 58.1 Å². The number of aliphatic imine (C=N–C) groups is 1. The van der Waals surface area contributed by atoms with Gasteiger partial charge in [-0.3, -0.25) is 4.99 Å². The summed E-state index contributed by atoms with van der Waals surface area (Å²) in [5, 5.41) is 6.66. The van der Waals surface area contributed by atoms with Crippen molar-refractivity contribution in [1.29, 1.82) is 0 Å². The molecule has 150 valence electrons. The minimum absolute atomic E-state index is 0. The number of hydrogen-bond donors (Lipinski definition) is 2. The van der Waals surface area contributed by atoms with E-state index in [1.54, 1.807) is 7.11 Å². The van der Waals surface area contributed by atoms with Crippen molar-refractivity contribution in [3.63, 3.8) is 0 Å². The van der Waals surface area contributed by atoms with Gasteiger partial charge in [0.15, 0.2) is 5.96 Å². The van der Waals surface area contributed by atoms with Gasteiger partial charge in [-0.25, -0.2) is 0 Å². The van der Waals surface area contributed by atoms with Gasteiger partial charge < -0.3 is 25.0 Å². The van der Waals surface area contributed by atoms with Gasteiger partial charge in [0.25, 0.3) is 0 Å². The molecule has 0 heterocycles. The van der Waals surface area contributed by atoms with Gasteiger partial charge in [0, 0.05) is 26.3 Å². The van der Waals surface area contributed by atoms with E-state index in [2.05, 4.69) is 48.7 Å². The normalized spacial score (nSPS) is 12.5. The average molecular weight is 478 g/mol. The molecule has 0 aliphatic heterocycles. The summed E-state index contributed by atoms with van der Waals surface area (Å²) in [5.74, 6) is 1.72. The van der Waals surface area contributed by atoms with Crippen LogP contribution in [0.3, 0.4) is 0 Å². The summed E-state index contributed by atoms with van der Waals surface area (Å²) in [6.45, 7) is 7.99. The van der Waals surface area contributed by atoms with Crippen molar-refractivity contribution < 1.29 is 9.47 Å². The molecule has 0 radical (unpaired) electrons. The number of nitrogens with zero attached hydrogens (tertiary/aromatic N) is 2. The maximum Gasteiger partial charge on any atom is 0.191 e. The molecule has 1 rings (SSSR count). The van der Waals surface area contributed by atoms with E-state index < -0.39 is 0 Å². The number of nitrogens with one attached hydrogen (secondary N) is 2. The highest BCUT2D eigenvalue weighted by Gasteiger charge is 2.14. The van der Waals surface area contributed by atoms with Crippen LogP contribution < -0.4 is 15.4 Å². The quantitative estimate of drug-likeness (QED) is 0.222. The first-order valence-electron chi connectivity index (χ1n) is 9.02. The van der Waals surface area contributed by atoms with E-state index in [1.165, 1.54) is 5.56 Å². The minimum atomic E-state index is 0. The van der Waals surface area contributed by atoms with E-state index in [9.17, 15) is 0 Å². The van der Waals surface area contributed by atoms with Crippen molar-refractivity contribution in [2.24, 2.45) is 4.99 Å². The molecule has 0 saturated carbocycles. The lowest BCUT2D eigenvalue weighted by Gasteiger charge is -2.24. The second-order valence-electron chi connectivity index (χ2n) is 5.95. The molecule has 0 aliphatic rings. The molecule has 1 aromatic carbocycles. The van der Waals surface area contributed by atoms with Crippen LogP contribution in [-0.2, 0) is 4.74 Å². The molecule has 0 spiro atoms. The molecule has 1 aromatic rings. The van der Waals surface area contributed by atoms with Crippen molar-refractivity contribution in [3.8, 4) is 5.75 Å². The summed E-state index contributed by atoms with van der Waals surface area (Å²) < 4.78 is 10.6. The number of ether oxygens (including phenoxy) is 2. The highest BCUT2D eigenvalue weighted by Crippen LogP contribution is 2.21. The zero-order chi connectivity index (χ0) is 18.5. The van der Waals surface area contributed by atoms with Crippen LogP contribution in [0.4, 0.5) is 0 Å². The van der Waals surface area contributed by atoms with Crippen LogP contribution in [0.25, 0.3) is 0 Å². The monoisotopic (exact) mass is 478 g/mol. The molecule has 2 N–H and O–H groups in total. The van der Waals surface area contributed by atoms with E-state index in [4.69, 9.17) is 14.5 Å². The largest absolute Gasteiger partial charge is 0.497 e. The molecule has 0 amide bonds. The first-order chi connectivity index (χ1) is 12.1. The number of hydrogen-bond acceptors (Lipinski definition) is 4. The van der Waals surface area contributed by atoms with Gasteiger partial charge in [0.2, 0.25) is 0 Å². The van der Waals surface area contributed by atoms with Crippen LogP contribution >= 0.6 is 24.0 Å². The fraction of sp³-hybridized carbons (Fsp3) is 0.632. The molecule has 0 saturated heterocycles. The van der Waals surface area contributed by atoms with E-state index in [1.807, 2.05) is 19.1 Å². The second kappa shape index (κ2) is 15.0. The van der Waals surface area contributed by atoms with Gasteiger partial charge >= 0.3 is 0 Å². The second-order valence-corrected chi connectivity index (χ2v) is 5.95. The Hall–Kier alpha value is -1.06. The zero-order valence-corrected chi connectivity index (χ0v) is 19.1. The van der Waals surface area contributed by atoms with Crippen LogP contribution in [0.15, 0.2) is 29.3 Å². The lowest BCUT2D eigenvalue weighted by atomic mass is 10.1. The molecule has 6 nitrogen and oxygen atoms in total. The van der Waals surface area contributed by atoms with Gasteiger partial charge in [-0.15, -0.1) is 24.0 Å². The van der Waals surface area contributed by atoms with Crippen LogP contribution in [0.5, 0.6) is 5.75 Å². The van der Waals surface area contributed by atoms with E-state index >= 15 is 0 Å². The predicted octanol–water partition coefficient (Wildman–Crippen LogP) is 2.90. The Balaban J connectivity index is 0.00000625. The lowest BCUT2D eigenvalue weighted by Crippen LogP contribution is -2.38. The van der Waals surface area contributed by atoms with Crippen LogP contribution in [0.2, 0.25) is 0 Å². The number of methoxy groups -OCH3 is 1. The third kappa shape index (κ3) is 9.59. The molecule has 0 aliphatic carbocycles. The molecule has 1 unspecified atom stereocenters. The summed E-state index contributed by atoms with van der Waals surface area (Å²) >= 11 is 0. The first-order valence-corrected chi connectivity index (χ1v) is 9.02. The summed E-state index contributed by atoms with van der Waals surface area (Å²) in [5.41, 5.74) is 1.22. The Bertz CT molecular complexity index is 495. The number of benzene rings is 1. The Kier molecular flexibility index (Phi) is 14.4. The van der Waals surface area contributed by atoms with Crippen LogP contribution in [-0.4, -0.2) is 64.9 Å². The van der Waals surface area contributed by atoms with Crippen LogP contribution in [0.1, 0.15) is 31.9 Å². The number of halogens is 1. The Morgan fingerprint density at radius 2 is 1.85 bits per heavy atom. The number of rotatable bonds is 11. The number of likely N-dealkylation sites (N-methyl/N-ethyl adjacent to an activating group) is 1. The lowest BCUT2D eigenvalue weighted by molar-refractivity contribution is 0.145. The third-order valence-corrected chi connectivity index (χ3v) is 3.85. The average Bonchev–Trinajstić information content (AvgIpc) is 2.61. The van der Waals surface area contributed by atoms with Gasteiger partial charge in [0.1, 0.15) is 5.75 Å². The Morgan fingerprint density at radius 1 is 1.15 bits per heavy atom. The summed E-state index contributed by atoms with van der Waals surface area (Å²) in [6, 6.07) is 8.40. The van der Waals surface area contributed by atoms with Crippen molar-refractivity contribution >= 4 is 29.9 Å². The summed E-state index contributed by atoms with van der Waals surface area (Å²) in [6.07, 6.45) is 0.966. The molecule has 0 aromatic heterocycles. The zero-order valence-electron chi connectivity index (χ0n) is 16.7. The molecule has 0 fully saturated rings. The molecular formula is C19H35IN4O2. The maximum absolute atomic E-state index is 5.36. The fourth-order valence-electron chi connectivity index (χ4n) is 2.44. The smallest absolute Gasteiger partial charge is 0.191 e. The van der Waals surface area contributed by atoms with E-state index in [0.717, 1.165) is 44.4 Å². The van der Waals surface area contributed by atoms with Crippen molar-refractivity contribution in [3.05, 3.63) is 29.8 Å². The Labute approximate surface area is 175 Å². The molecule has 26 heavy (non-hydrogen) atoms. The molecule has 1 atom stereocenters. The van der Waals surface area contributed by atoms with Gasteiger partial charge in [-0.05, 0) is 52.1 Å². The number of guanidine groups is 1. The van der Waals surface area contributed by atoms with Crippen molar-refractivity contribution in [2.45, 2.75) is 26.3 Å². The van der Waals surface area contributed by atoms with E-state index in [-0.39, 0.29) is 30.0 Å². The van der Waals surface area contributed by atoms with Gasteiger partial charge in [-0.1, -0.05) is 12.1 Å². The van der Waals surface area contributed by atoms with E-state index in [0.29, 0.717) is 6.54 Å². The first kappa shape index (κ1) is 24.9. The van der Waals surface area contributed by atoms with Crippen molar-refractivity contribution in [1.82, 2.24) is 15.5 Å². The highest BCUT2D eigenvalue weighted by atomic mass is 127. The molecule has 0 bridgehead atoms. The van der Waals surface area contributed by atoms with Crippen molar-refractivity contribution in [2.75, 3.05) is 54.1 Å². The SMILES string of the molecule is CCNC(=NCC(c1ccc(OC)cc1)N(C)C)NCCCOCC.I. The van der Waals surface area contributed by atoms with Crippen LogP contribution in [0, 0.1) is 0 Å². The predicted molar refractivity (Wildman–Crippen MR) is 120 cm³/mol.